The van der Waals surface area contributed by atoms with E-state index in [4.69, 9.17) is 18.9 Å². The van der Waals surface area contributed by atoms with Gasteiger partial charge >= 0.3 is 0 Å². The molecule has 1 fully saturated rings. The van der Waals surface area contributed by atoms with Gasteiger partial charge in [0.2, 0.25) is 0 Å². The first kappa shape index (κ1) is 16.1. The zero-order valence-electron chi connectivity index (χ0n) is 13.1. The standard InChI is InChI=1S/C16H25NO4/c1-17(11-14-12-20-8-9-21-14)7-6-13-4-5-15(18-2)16(10-13)19-3/h4-5,10,14H,6-9,11-12H2,1-3H3/t14-/m0/s1. The molecule has 0 unspecified atom stereocenters. The van der Waals surface area contributed by atoms with Crippen molar-refractivity contribution in [2.24, 2.45) is 0 Å². The van der Waals surface area contributed by atoms with Crippen molar-refractivity contribution >= 4 is 0 Å². The molecule has 5 heteroatoms. The normalized spacial score (nSPS) is 18.8. The van der Waals surface area contributed by atoms with Gasteiger partial charge in [-0.25, -0.2) is 0 Å². The number of benzene rings is 1. The summed E-state index contributed by atoms with van der Waals surface area (Å²) in [7, 11) is 5.42. The minimum Gasteiger partial charge on any atom is -0.493 e. The molecule has 21 heavy (non-hydrogen) atoms. The number of rotatable bonds is 7. The molecule has 5 nitrogen and oxygen atoms in total. The first-order valence-electron chi connectivity index (χ1n) is 7.31. The van der Waals surface area contributed by atoms with E-state index in [1.165, 1.54) is 5.56 Å². The van der Waals surface area contributed by atoms with Gasteiger partial charge in [-0.1, -0.05) is 6.07 Å². The van der Waals surface area contributed by atoms with Crippen LogP contribution in [-0.2, 0) is 15.9 Å². The third-order valence-corrected chi connectivity index (χ3v) is 3.63. The Labute approximate surface area is 126 Å². The van der Waals surface area contributed by atoms with E-state index >= 15 is 0 Å². The van der Waals surface area contributed by atoms with Gasteiger partial charge in [0.25, 0.3) is 0 Å². The predicted molar refractivity (Wildman–Crippen MR) is 81.3 cm³/mol. The number of hydrogen-bond acceptors (Lipinski definition) is 5. The molecule has 0 amide bonds. The molecule has 2 rings (SSSR count). The van der Waals surface area contributed by atoms with Crippen molar-refractivity contribution < 1.29 is 18.9 Å². The smallest absolute Gasteiger partial charge is 0.160 e. The van der Waals surface area contributed by atoms with Gasteiger partial charge in [0.15, 0.2) is 11.5 Å². The third-order valence-electron chi connectivity index (χ3n) is 3.63. The van der Waals surface area contributed by atoms with E-state index < -0.39 is 0 Å². The van der Waals surface area contributed by atoms with Crippen molar-refractivity contribution in [1.29, 1.82) is 0 Å². The molecule has 0 bridgehead atoms. The van der Waals surface area contributed by atoms with Gasteiger partial charge in [0, 0.05) is 13.1 Å². The second-order valence-corrected chi connectivity index (χ2v) is 5.27. The minimum atomic E-state index is 0.189. The maximum Gasteiger partial charge on any atom is 0.160 e. The topological polar surface area (TPSA) is 40.2 Å². The van der Waals surface area contributed by atoms with Crippen LogP contribution < -0.4 is 9.47 Å². The van der Waals surface area contributed by atoms with E-state index in [0.29, 0.717) is 19.8 Å². The molecule has 1 saturated heterocycles. The summed E-state index contributed by atoms with van der Waals surface area (Å²) in [5.74, 6) is 1.55. The van der Waals surface area contributed by atoms with Crippen molar-refractivity contribution in [2.75, 3.05) is 54.2 Å². The minimum absolute atomic E-state index is 0.189. The van der Waals surface area contributed by atoms with E-state index in [1.807, 2.05) is 12.1 Å². The van der Waals surface area contributed by atoms with E-state index in [2.05, 4.69) is 18.0 Å². The van der Waals surface area contributed by atoms with Gasteiger partial charge in [-0.3, -0.25) is 0 Å². The van der Waals surface area contributed by atoms with Crippen LogP contribution in [0.2, 0.25) is 0 Å². The molecule has 1 aliphatic rings. The lowest BCUT2D eigenvalue weighted by molar-refractivity contribution is -0.0956. The summed E-state index contributed by atoms with van der Waals surface area (Å²) in [5.41, 5.74) is 1.24. The van der Waals surface area contributed by atoms with Crippen LogP contribution in [0.1, 0.15) is 5.56 Å². The maximum absolute atomic E-state index is 5.66. The maximum atomic E-state index is 5.66. The highest BCUT2D eigenvalue weighted by Gasteiger charge is 2.16. The Bertz CT molecular complexity index is 432. The van der Waals surface area contributed by atoms with Crippen molar-refractivity contribution in [3.63, 3.8) is 0 Å². The summed E-state index contributed by atoms with van der Waals surface area (Å²) in [6, 6.07) is 6.06. The highest BCUT2D eigenvalue weighted by molar-refractivity contribution is 5.42. The Morgan fingerprint density at radius 2 is 2.00 bits per heavy atom. The molecule has 1 aromatic carbocycles. The van der Waals surface area contributed by atoms with Crippen molar-refractivity contribution in [3.8, 4) is 11.5 Å². The first-order chi connectivity index (χ1) is 10.2. The van der Waals surface area contributed by atoms with Crippen LogP contribution in [-0.4, -0.2) is 65.2 Å². The number of ether oxygens (including phenoxy) is 4. The summed E-state index contributed by atoms with van der Waals surface area (Å²) in [5, 5.41) is 0. The zero-order chi connectivity index (χ0) is 15.1. The van der Waals surface area contributed by atoms with Crippen LogP contribution in [0.4, 0.5) is 0 Å². The molecular formula is C16H25NO4. The lowest BCUT2D eigenvalue weighted by Gasteiger charge is -2.27. The van der Waals surface area contributed by atoms with E-state index in [1.54, 1.807) is 14.2 Å². The number of hydrogen-bond donors (Lipinski definition) is 0. The van der Waals surface area contributed by atoms with E-state index in [-0.39, 0.29) is 6.10 Å². The fraction of sp³-hybridized carbons (Fsp3) is 0.625. The number of likely N-dealkylation sites (N-methyl/N-ethyl adjacent to an activating group) is 1. The molecule has 1 atom stereocenters. The Morgan fingerprint density at radius 3 is 2.67 bits per heavy atom. The molecule has 1 heterocycles. The Kier molecular flexibility index (Phi) is 6.29. The largest absolute Gasteiger partial charge is 0.493 e. The summed E-state index contributed by atoms with van der Waals surface area (Å²) >= 11 is 0. The van der Waals surface area contributed by atoms with Crippen LogP contribution in [0.25, 0.3) is 0 Å². The third kappa shape index (κ3) is 4.88. The second kappa shape index (κ2) is 8.22. The molecule has 0 aromatic heterocycles. The Hall–Kier alpha value is -1.30. The molecule has 118 valence electrons. The SMILES string of the molecule is COc1ccc(CCN(C)C[C@H]2COCCO2)cc1OC. The average Bonchev–Trinajstić information content (AvgIpc) is 2.53. The fourth-order valence-electron chi connectivity index (χ4n) is 2.44. The zero-order valence-corrected chi connectivity index (χ0v) is 13.1. The van der Waals surface area contributed by atoms with Gasteiger partial charge in [0.05, 0.1) is 40.1 Å². The highest BCUT2D eigenvalue weighted by atomic mass is 16.6. The van der Waals surface area contributed by atoms with Crippen LogP contribution in [0.5, 0.6) is 11.5 Å². The van der Waals surface area contributed by atoms with Gasteiger partial charge in [-0.15, -0.1) is 0 Å². The molecule has 1 aromatic rings. The Balaban J connectivity index is 1.81. The fourth-order valence-corrected chi connectivity index (χ4v) is 2.44. The molecule has 0 saturated carbocycles. The molecular weight excluding hydrogens is 270 g/mol. The number of nitrogens with zero attached hydrogens (tertiary/aromatic N) is 1. The molecule has 0 aliphatic carbocycles. The van der Waals surface area contributed by atoms with Crippen LogP contribution in [0.3, 0.4) is 0 Å². The van der Waals surface area contributed by atoms with Crippen LogP contribution >= 0.6 is 0 Å². The summed E-state index contributed by atoms with van der Waals surface area (Å²) < 4.78 is 21.7. The van der Waals surface area contributed by atoms with E-state index in [0.717, 1.165) is 31.0 Å². The quantitative estimate of drug-likeness (QED) is 0.764. The van der Waals surface area contributed by atoms with Gasteiger partial charge < -0.3 is 23.8 Å². The average molecular weight is 295 g/mol. The highest BCUT2D eigenvalue weighted by Crippen LogP contribution is 2.27. The first-order valence-corrected chi connectivity index (χ1v) is 7.31. The summed E-state index contributed by atoms with van der Waals surface area (Å²) in [4.78, 5) is 2.27. The van der Waals surface area contributed by atoms with Crippen molar-refractivity contribution in [1.82, 2.24) is 4.90 Å². The summed E-state index contributed by atoms with van der Waals surface area (Å²) in [6.07, 6.45) is 1.15. The monoisotopic (exact) mass is 295 g/mol. The molecule has 0 radical (unpaired) electrons. The summed E-state index contributed by atoms with van der Waals surface area (Å²) in [6.45, 7) is 3.98. The van der Waals surface area contributed by atoms with Crippen molar-refractivity contribution in [3.05, 3.63) is 23.8 Å². The predicted octanol–water partition coefficient (Wildman–Crippen LogP) is 1.59. The van der Waals surface area contributed by atoms with Crippen LogP contribution in [0, 0.1) is 0 Å². The van der Waals surface area contributed by atoms with Gasteiger partial charge in [-0.05, 0) is 31.2 Å². The lowest BCUT2D eigenvalue weighted by atomic mass is 10.1. The van der Waals surface area contributed by atoms with Gasteiger partial charge in [-0.2, -0.15) is 0 Å². The Morgan fingerprint density at radius 1 is 1.19 bits per heavy atom. The number of methoxy groups -OCH3 is 2. The molecule has 0 N–H and O–H groups in total. The molecule has 1 aliphatic heterocycles. The van der Waals surface area contributed by atoms with Crippen molar-refractivity contribution in [2.45, 2.75) is 12.5 Å². The second-order valence-electron chi connectivity index (χ2n) is 5.27. The van der Waals surface area contributed by atoms with Gasteiger partial charge in [0.1, 0.15) is 0 Å². The van der Waals surface area contributed by atoms with E-state index in [9.17, 15) is 0 Å². The molecule has 0 spiro atoms. The lowest BCUT2D eigenvalue weighted by Crippen LogP contribution is -2.39. The van der Waals surface area contributed by atoms with Crippen LogP contribution in [0.15, 0.2) is 18.2 Å².